The minimum Gasteiger partial charge on any atom is -0.302 e. The van der Waals surface area contributed by atoms with Gasteiger partial charge in [-0.05, 0) is 12.8 Å². The van der Waals surface area contributed by atoms with Gasteiger partial charge in [-0.2, -0.15) is 0 Å². The highest BCUT2D eigenvalue weighted by Crippen LogP contribution is 2.43. The molecule has 0 fully saturated rings. The standard InChI is InChI=1S/C6H14O6P2/c1-2-4-11-14(9,10)12-5-3-6-13(7)8/h2-6H2,1H3,(H,9,10). The maximum atomic E-state index is 11.0. The molecule has 0 aliphatic rings. The molecule has 1 atom stereocenters. The fourth-order valence-electron chi connectivity index (χ4n) is 0.617. The van der Waals surface area contributed by atoms with E-state index >= 15 is 0 Å². The second kappa shape index (κ2) is 7.32. The summed E-state index contributed by atoms with van der Waals surface area (Å²) in [6, 6.07) is 0. The predicted octanol–water partition coefficient (Wildman–Crippen LogP) is 2.09. The van der Waals surface area contributed by atoms with Crippen molar-refractivity contribution in [1.29, 1.82) is 0 Å². The predicted molar refractivity (Wildman–Crippen MR) is 49.8 cm³/mol. The van der Waals surface area contributed by atoms with Crippen molar-refractivity contribution in [3.05, 3.63) is 0 Å². The average molecular weight is 244 g/mol. The van der Waals surface area contributed by atoms with Gasteiger partial charge >= 0.3 is 15.5 Å². The van der Waals surface area contributed by atoms with Gasteiger partial charge < -0.3 is 4.89 Å². The quantitative estimate of drug-likeness (QED) is 0.519. The normalized spacial score (nSPS) is 15.0. The van der Waals surface area contributed by atoms with Crippen LogP contribution in [0.15, 0.2) is 0 Å². The van der Waals surface area contributed by atoms with Gasteiger partial charge in [0.25, 0.3) is 0 Å². The van der Waals surface area contributed by atoms with E-state index in [1.54, 1.807) is 6.92 Å². The molecule has 8 heteroatoms. The third-order valence-corrected chi connectivity index (χ3v) is 2.90. The summed E-state index contributed by atoms with van der Waals surface area (Å²) in [4.78, 5) is 8.97. The van der Waals surface area contributed by atoms with Crippen LogP contribution in [0, 0.1) is 0 Å². The third-order valence-electron chi connectivity index (χ3n) is 1.20. The largest absolute Gasteiger partial charge is 0.472 e. The molecule has 0 heterocycles. The van der Waals surface area contributed by atoms with Crippen molar-refractivity contribution in [2.45, 2.75) is 19.8 Å². The first kappa shape index (κ1) is 14.0. The topological polar surface area (TPSA) is 89.9 Å². The minimum absolute atomic E-state index is 0.0525. The molecule has 1 unspecified atom stereocenters. The Morgan fingerprint density at radius 1 is 1.29 bits per heavy atom. The highest BCUT2D eigenvalue weighted by Gasteiger charge is 2.19. The van der Waals surface area contributed by atoms with Gasteiger partial charge in [-0.15, -0.1) is 0 Å². The fraction of sp³-hybridized carbons (Fsp3) is 1.00. The van der Waals surface area contributed by atoms with Crippen molar-refractivity contribution >= 4 is 15.5 Å². The van der Waals surface area contributed by atoms with Crippen LogP contribution in [-0.2, 0) is 22.7 Å². The molecular formula is C6H14O6P2. The van der Waals surface area contributed by atoms with Crippen LogP contribution >= 0.6 is 15.5 Å². The second-order valence-corrected chi connectivity index (χ2v) is 5.11. The van der Waals surface area contributed by atoms with E-state index in [1.165, 1.54) is 0 Å². The van der Waals surface area contributed by atoms with Crippen molar-refractivity contribution < 1.29 is 27.6 Å². The first-order valence-electron chi connectivity index (χ1n) is 4.21. The van der Waals surface area contributed by atoms with E-state index in [4.69, 9.17) is 4.89 Å². The summed E-state index contributed by atoms with van der Waals surface area (Å²) in [5.74, 6) is 0. The molecule has 0 amide bonds. The fourth-order valence-corrected chi connectivity index (χ4v) is 1.85. The van der Waals surface area contributed by atoms with Gasteiger partial charge in [0.15, 0.2) is 0 Å². The monoisotopic (exact) mass is 244 g/mol. The number of hydrogen-bond donors (Lipinski definition) is 1. The Morgan fingerprint density at radius 3 is 2.36 bits per heavy atom. The number of rotatable bonds is 8. The lowest BCUT2D eigenvalue weighted by Gasteiger charge is -2.10. The molecule has 0 aliphatic heterocycles. The summed E-state index contributed by atoms with van der Waals surface area (Å²) in [6.07, 6.45) is 0.752. The first-order valence-corrected chi connectivity index (χ1v) is 7.07. The van der Waals surface area contributed by atoms with Crippen LogP contribution in [0.1, 0.15) is 19.8 Å². The Morgan fingerprint density at radius 2 is 1.86 bits per heavy atom. The summed E-state index contributed by atoms with van der Waals surface area (Å²) in [5, 5.41) is 0. The summed E-state index contributed by atoms with van der Waals surface area (Å²) < 4.78 is 40.2. The van der Waals surface area contributed by atoms with Crippen molar-refractivity contribution in [3.8, 4) is 0 Å². The van der Waals surface area contributed by atoms with Crippen LogP contribution in [-0.4, -0.2) is 24.3 Å². The van der Waals surface area contributed by atoms with Gasteiger partial charge in [0.1, 0.15) is 0 Å². The van der Waals surface area contributed by atoms with Crippen molar-refractivity contribution in [2.75, 3.05) is 19.4 Å². The second-order valence-electron chi connectivity index (χ2n) is 2.54. The van der Waals surface area contributed by atoms with Crippen molar-refractivity contribution in [3.63, 3.8) is 0 Å². The van der Waals surface area contributed by atoms with Gasteiger partial charge in [0, 0.05) is 0 Å². The molecule has 0 rings (SSSR count). The molecule has 1 N–H and O–H groups in total. The van der Waals surface area contributed by atoms with Crippen molar-refractivity contribution in [1.82, 2.24) is 0 Å². The molecule has 0 aliphatic carbocycles. The van der Waals surface area contributed by atoms with Crippen LogP contribution in [0.3, 0.4) is 0 Å². The van der Waals surface area contributed by atoms with E-state index in [9.17, 15) is 13.7 Å². The van der Waals surface area contributed by atoms with Crippen LogP contribution in [0.5, 0.6) is 0 Å². The molecule has 6 nitrogen and oxygen atoms in total. The van der Waals surface area contributed by atoms with Crippen LogP contribution in [0.25, 0.3) is 0 Å². The summed E-state index contributed by atoms with van der Waals surface area (Å²) in [7, 11) is -6.42. The third kappa shape index (κ3) is 8.60. The maximum Gasteiger partial charge on any atom is 0.472 e. The van der Waals surface area contributed by atoms with Gasteiger partial charge in [0.05, 0.1) is 19.4 Å². The Hall–Kier alpha value is 0.01000. The smallest absolute Gasteiger partial charge is 0.302 e. The molecule has 0 saturated heterocycles. The Bertz CT molecular complexity index is 253. The molecule has 0 saturated carbocycles. The van der Waals surface area contributed by atoms with Gasteiger partial charge in [0.2, 0.25) is 0 Å². The average Bonchev–Trinajstić information content (AvgIpc) is 2.09. The van der Waals surface area contributed by atoms with E-state index in [2.05, 4.69) is 9.05 Å². The molecule has 84 valence electrons. The Balaban J connectivity index is 3.60. The Kier molecular flexibility index (Phi) is 7.33. The van der Waals surface area contributed by atoms with Crippen molar-refractivity contribution in [2.24, 2.45) is 0 Å². The van der Waals surface area contributed by atoms with Crippen LogP contribution in [0.4, 0.5) is 0 Å². The molecule has 0 aromatic rings. The van der Waals surface area contributed by atoms with Gasteiger partial charge in [-0.1, -0.05) is 6.92 Å². The lowest BCUT2D eigenvalue weighted by Crippen LogP contribution is -1.98. The zero-order valence-corrected chi connectivity index (χ0v) is 9.71. The van der Waals surface area contributed by atoms with Crippen LogP contribution < -0.4 is 0 Å². The summed E-state index contributed by atoms with van der Waals surface area (Å²) in [6.45, 7) is 1.84. The lowest BCUT2D eigenvalue weighted by atomic mass is 10.5. The lowest BCUT2D eigenvalue weighted by molar-refractivity contribution is 0.150. The first-order chi connectivity index (χ1) is 6.48. The van der Waals surface area contributed by atoms with E-state index in [0.29, 0.717) is 6.42 Å². The van der Waals surface area contributed by atoms with Crippen LogP contribution in [0.2, 0.25) is 0 Å². The maximum absolute atomic E-state index is 11.0. The number of hydrogen-bond acceptors (Lipinski definition) is 5. The molecule has 0 aromatic carbocycles. The molecule has 0 spiro atoms. The molecule has 0 bridgehead atoms. The Labute approximate surface area is 83.0 Å². The SMILES string of the molecule is CCCOP(=O)(O)OCCCP(=O)=O. The summed E-state index contributed by atoms with van der Waals surface area (Å²) >= 11 is 0. The van der Waals surface area contributed by atoms with E-state index in [1.807, 2.05) is 0 Å². The zero-order chi connectivity index (χ0) is 11.0. The molecule has 0 aromatic heterocycles. The molecule has 14 heavy (non-hydrogen) atoms. The molecular weight excluding hydrogens is 230 g/mol. The van der Waals surface area contributed by atoms with E-state index in [-0.39, 0.29) is 25.8 Å². The number of phosphoric acid groups is 1. The zero-order valence-electron chi connectivity index (χ0n) is 7.92. The number of phosphoric ester groups is 1. The van der Waals surface area contributed by atoms with E-state index < -0.39 is 15.5 Å². The van der Waals surface area contributed by atoms with Gasteiger partial charge in [-0.25, -0.2) is 13.7 Å². The highest BCUT2D eigenvalue weighted by atomic mass is 31.2. The highest BCUT2D eigenvalue weighted by molar-refractivity contribution is 7.47. The van der Waals surface area contributed by atoms with Gasteiger partial charge in [-0.3, -0.25) is 9.05 Å². The minimum atomic E-state index is -3.97. The van der Waals surface area contributed by atoms with E-state index in [0.717, 1.165) is 0 Å². The summed E-state index contributed by atoms with van der Waals surface area (Å²) in [5.41, 5.74) is 0. The molecule has 0 radical (unpaired) electrons.